The molecule has 0 saturated carbocycles. The fourth-order valence-electron chi connectivity index (χ4n) is 3.03. The topological polar surface area (TPSA) is 156 Å². The van der Waals surface area contributed by atoms with E-state index in [4.69, 9.17) is 0 Å². The number of allylic oxidation sites excluding steroid dienone is 3. The molecular weight excluding hydrogens is 368 g/mol. The lowest BCUT2D eigenvalue weighted by Crippen LogP contribution is -2.22. The predicted octanol–water partition coefficient (Wildman–Crippen LogP) is 1.63. The highest BCUT2D eigenvalue weighted by Gasteiger charge is 2.34. The first-order chi connectivity index (χ1) is 13.0. The molecule has 1 aromatic carbocycles. The Morgan fingerprint density at radius 2 is 1.46 bits per heavy atom. The van der Waals surface area contributed by atoms with Gasteiger partial charge in [0.1, 0.15) is 11.5 Å². The number of carbonyl (C=O) groups excluding carboxylic acids is 2. The van der Waals surface area contributed by atoms with Crippen LogP contribution >= 0.6 is 0 Å². The van der Waals surface area contributed by atoms with E-state index in [1.807, 2.05) is 0 Å². The van der Waals surface area contributed by atoms with Crippen LogP contribution in [0, 0.1) is 0 Å². The van der Waals surface area contributed by atoms with Crippen molar-refractivity contribution >= 4 is 17.1 Å². The number of aliphatic hydroxyl groups is 3. The number of phenolic OH excluding ortho intramolecular Hbond substituents is 3. The monoisotopic (exact) mass is 392 g/mol. The largest absolute Gasteiger partial charge is 0.508 e. The van der Waals surface area contributed by atoms with Crippen molar-refractivity contribution in [3.8, 4) is 17.2 Å². The average molecular weight is 392 g/mol. The van der Waals surface area contributed by atoms with Crippen LogP contribution in [0.1, 0.15) is 44.2 Å². The van der Waals surface area contributed by atoms with Gasteiger partial charge in [-0.25, -0.2) is 0 Å². The molecule has 0 bridgehead atoms. The quantitative estimate of drug-likeness (QED) is 0.177. The molecule has 0 heterocycles. The molecule has 0 aliphatic heterocycles. The van der Waals surface area contributed by atoms with Crippen molar-refractivity contribution in [3.05, 3.63) is 34.6 Å². The van der Waals surface area contributed by atoms with Gasteiger partial charge in [0, 0.05) is 17.2 Å². The summed E-state index contributed by atoms with van der Waals surface area (Å²) in [6.07, 6.45) is 0.0000449. The maximum absolute atomic E-state index is 12.5. The first kappa shape index (κ1) is 21.5. The van der Waals surface area contributed by atoms with Crippen molar-refractivity contribution < 1.29 is 40.2 Å². The normalized spacial score (nSPS) is 16.9. The molecule has 0 saturated heterocycles. The first-order valence-electron chi connectivity index (χ1n) is 8.90. The molecule has 1 aliphatic carbocycles. The first-order valence-corrected chi connectivity index (χ1v) is 8.90. The van der Waals surface area contributed by atoms with E-state index in [1.54, 1.807) is 0 Å². The molecule has 2 unspecified atom stereocenters. The van der Waals surface area contributed by atoms with Crippen molar-refractivity contribution in [2.45, 2.75) is 51.7 Å². The Morgan fingerprint density at radius 1 is 0.893 bits per heavy atom. The minimum absolute atomic E-state index is 0.00989. The molecule has 0 radical (unpaired) electrons. The van der Waals surface area contributed by atoms with Crippen LogP contribution in [0.15, 0.2) is 23.5 Å². The second kappa shape index (κ2) is 8.45. The molecule has 8 nitrogen and oxygen atoms in total. The molecule has 1 aromatic rings. The smallest absolute Gasteiger partial charge is 0.237 e. The van der Waals surface area contributed by atoms with Gasteiger partial charge in [0.15, 0.2) is 11.5 Å². The van der Waals surface area contributed by atoms with Gasteiger partial charge in [-0.2, -0.15) is 0 Å². The molecule has 28 heavy (non-hydrogen) atoms. The van der Waals surface area contributed by atoms with Crippen LogP contribution < -0.4 is 0 Å². The Balaban J connectivity index is 2.68. The van der Waals surface area contributed by atoms with E-state index >= 15 is 0 Å². The van der Waals surface area contributed by atoms with Gasteiger partial charge < -0.3 is 30.6 Å². The number of ketones is 2. The third-order valence-electron chi connectivity index (χ3n) is 4.55. The lowest BCUT2D eigenvalue weighted by molar-refractivity contribution is -0.130. The number of carbonyl (C=O) groups is 2. The highest BCUT2D eigenvalue weighted by atomic mass is 16.3. The lowest BCUT2D eigenvalue weighted by atomic mass is 9.84. The van der Waals surface area contributed by atoms with Crippen LogP contribution in [0.2, 0.25) is 0 Å². The summed E-state index contributed by atoms with van der Waals surface area (Å²) < 4.78 is 0. The van der Waals surface area contributed by atoms with Crippen molar-refractivity contribution in [2.75, 3.05) is 0 Å². The van der Waals surface area contributed by atoms with E-state index in [2.05, 4.69) is 0 Å². The fourth-order valence-corrected chi connectivity index (χ4v) is 3.03. The van der Waals surface area contributed by atoms with E-state index < -0.39 is 52.4 Å². The van der Waals surface area contributed by atoms with E-state index in [0.29, 0.717) is 0 Å². The second-order valence-corrected chi connectivity index (χ2v) is 6.98. The van der Waals surface area contributed by atoms with E-state index in [-0.39, 0.29) is 42.4 Å². The Labute approximate surface area is 161 Å². The molecular formula is C20H24O8. The molecule has 152 valence electrons. The summed E-state index contributed by atoms with van der Waals surface area (Å²) in [7, 11) is 0. The van der Waals surface area contributed by atoms with Gasteiger partial charge in [-0.05, 0) is 51.2 Å². The SMILES string of the molecule is CC(O)CCC1=CC(=O)C(=O)C(c2c(O)c(O)cc(O)c2CCC(C)O)=C1O. The Kier molecular flexibility index (Phi) is 6.48. The number of hydrogen-bond donors (Lipinski definition) is 6. The lowest BCUT2D eigenvalue weighted by Gasteiger charge is -2.21. The molecule has 0 fully saturated rings. The van der Waals surface area contributed by atoms with E-state index in [0.717, 1.165) is 12.1 Å². The number of hydrogen-bond acceptors (Lipinski definition) is 8. The van der Waals surface area contributed by atoms with Crippen LogP contribution in [0.5, 0.6) is 17.2 Å². The second-order valence-electron chi connectivity index (χ2n) is 6.98. The number of aliphatic hydroxyl groups excluding tert-OH is 3. The summed E-state index contributed by atoms with van der Waals surface area (Å²) in [5.41, 5.74) is -0.770. The van der Waals surface area contributed by atoms with E-state index in [9.17, 15) is 40.2 Å². The summed E-state index contributed by atoms with van der Waals surface area (Å²) >= 11 is 0. The molecule has 2 atom stereocenters. The third kappa shape index (κ3) is 4.35. The summed E-state index contributed by atoms with van der Waals surface area (Å²) in [4.78, 5) is 24.7. The van der Waals surface area contributed by atoms with Crippen molar-refractivity contribution in [3.63, 3.8) is 0 Å². The van der Waals surface area contributed by atoms with Gasteiger partial charge in [-0.15, -0.1) is 0 Å². The summed E-state index contributed by atoms with van der Waals surface area (Å²) in [5, 5.41) is 60.1. The molecule has 2 rings (SSSR count). The average Bonchev–Trinajstić information content (AvgIpc) is 2.60. The molecule has 8 heteroatoms. The molecule has 6 N–H and O–H groups in total. The molecule has 1 aliphatic rings. The molecule has 0 aromatic heterocycles. The minimum Gasteiger partial charge on any atom is -0.508 e. The Morgan fingerprint density at radius 3 is 2.04 bits per heavy atom. The zero-order chi connectivity index (χ0) is 21.2. The zero-order valence-electron chi connectivity index (χ0n) is 15.6. The number of rotatable bonds is 7. The maximum atomic E-state index is 12.5. The minimum atomic E-state index is -1.10. The van der Waals surface area contributed by atoms with Gasteiger partial charge in [-0.1, -0.05) is 0 Å². The number of phenols is 3. The summed E-state index contributed by atoms with van der Waals surface area (Å²) in [6, 6.07) is 0.882. The maximum Gasteiger partial charge on any atom is 0.237 e. The van der Waals surface area contributed by atoms with Crippen LogP contribution in [-0.2, 0) is 16.0 Å². The molecule has 0 amide bonds. The highest BCUT2D eigenvalue weighted by molar-refractivity contribution is 6.58. The van der Waals surface area contributed by atoms with Gasteiger partial charge >= 0.3 is 0 Å². The van der Waals surface area contributed by atoms with Crippen LogP contribution in [0.4, 0.5) is 0 Å². The predicted molar refractivity (Wildman–Crippen MR) is 100.0 cm³/mol. The Bertz CT molecular complexity index is 861. The van der Waals surface area contributed by atoms with Gasteiger partial charge in [0.25, 0.3) is 0 Å². The van der Waals surface area contributed by atoms with Crippen molar-refractivity contribution in [1.29, 1.82) is 0 Å². The third-order valence-corrected chi connectivity index (χ3v) is 4.55. The number of Topliss-reactive ketones (excluding diaryl/α,β-unsaturated/α-hetero) is 1. The van der Waals surface area contributed by atoms with Crippen LogP contribution in [-0.4, -0.2) is 54.4 Å². The van der Waals surface area contributed by atoms with Crippen molar-refractivity contribution in [1.82, 2.24) is 0 Å². The van der Waals surface area contributed by atoms with Crippen molar-refractivity contribution in [2.24, 2.45) is 0 Å². The van der Waals surface area contributed by atoms with Crippen LogP contribution in [0.25, 0.3) is 5.57 Å². The number of benzene rings is 1. The zero-order valence-corrected chi connectivity index (χ0v) is 15.6. The van der Waals surface area contributed by atoms with Gasteiger partial charge in [-0.3, -0.25) is 9.59 Å². The molecule has 0 spiro atoms. The van der Waals surface area contributed by atoms with Gasteiger partial charge in [0.05, 0.1) is 17.8 Å². The summed E-state index contributed by atoms with van der Waals surface area (Å²) in [6.45, 7) is 3.05. The highest BCUT2D eigenvalue weighted by Crippen LogP contribution is 2.44. The van der Waals surface area contributed by atoms with Crippen LogP contribution in [0.3, 0.4) is 0 Å². The fraction of sp³-hybridized carbons (Fsp3) is 0.400. The van der Waals surface area contributed by atoms with Gasteiger partial charge in [0.2, 0.25) is 11.6 Å². The standard InChI is InChI=1S/C20H24O8/c1-9(21)3-5-11-7-14(24)20(28)17(18(11)26)16-12(6-4-10(2)22)13(23)8-15(25)19(16)27/h7-10,21-23,25-27H,3-6H2,1-2H3. The van der Waals surface area contributed by atoms with E-state index in [1.165, 1.54) is 13.8 Å². The number of aromatic hydroxyl groups is 3. The Hall–Kier alpha value is -2.84. The summed E-state index contributed by atoms with van der Waals surface area (Å²) in [5.74, 6) is -4.55.